The quantitative estimate of drug-likeness (QED) is 0.833. The molecule has 3 nitrogen and oxygen atoms in total. The minimum atomic E-state index is 0.426. The van der Waals surface area contributed by atoms with Gasteiger partial charge >= 0.3 is 0 Å². The predicted octanol–water partition coefficient (Wildman–Crippen LogP) is 4.05. The Morgan fingerprint density at radius 3 is 2.59 bits per heavy atom. The van der Waals surface area contributed by atoms with Crippen molar-refractivity contribution in [3.63, 3.8) is 0 Å². The fourth-order valence-electron chi connectivity index (χ4n) is 1.75. The lowest BCUT2D eigenvalue weighted by molar-refractivity contribution is 0.520. The lowest BCUT2D eigenvalue weighted by atomic mass is 10.0. The van der Waals surface area contributed by atoms with Gasteiger partial charge in [0.1, 0.15) is 0 Å². The molecule has 1 heterocycles. The van der Waals surface area contributed by atoms with Gasteiger partial charge in [-0.15, -0.1) is 0 Å². The van der Waals surface area contributed by atoms with Gasteiger partial charge in [0.2, 0.25) is 0 Å². The Morgan fingerprint density at radius 2 is 2.00 bits per heavy atom. The van der Waals surface area contributed by atoms with Gasteiger partial charge in [-0.25, -0.2) is 0 Å². The molecular weight excluding hydrogens is 278 g/mol. The normalized spacial score (nSPS) is 12.8. The first-order chi connectivity index (χ1) is 8.00. The van der Waals surface area contributed by atoms with Crippen molar-refractivity contribution >= 4 is 27.3 Å². The van der Waals surface area contributed by atoms with Gasteiger partial charge in [-0.2, -0.15) is 0 Å². The highest BCUT2D eigenvalue weighted by Gasteiger charge is 2.08. The van der Waals surface area contributed by atoms with Crippen LogP contribution in [-0.4, -0.2) is 11.0 Å². The number of pyridine rings is 1. The molecule has 1 aromatic rings. The van der Waals surface area contributed by atoms with E-state index in [2.05, 4.69) is 47.0 Å². The summed E-state index contributed by atoms with van der Waals surface area (Å²) in [6.07, 6.45) is 7.12. The van der Waals surface area contributed by atoms with Crippen molar-refractivity contribution in [1.29, 1.82) is 0 Å². The van der Waals surface area contributed by atoms with E-state index in [1.807, 2.05) is 0 Å². The van der Waals surface area contributed by atoms with Crippen molar-refractivity contribution in [2.24, 2.45) is 5.92 Å². The Bertz CT molecular complexity index is 332. The minimum Gasteiger partial charge on any atom is -0.396 e. The Labute approximate surface area is 112 Å². The van der Waals surface area contributed by atoms with Crippen LogP contribution in [0.1, 0.15) is 40.0 Å². The van der Waals surface area contributed by atoms with Crippen LogP contribution in [0.2, 0.25) is 0 Å². The maximum absolute atomic E-state index is 5.89. The molecule has 4 heteroatoms. The molecule has 0 aliphatic heterocycles. The number of nitrogens with one attached hydrogen (secondary N) is 1. The summed E-state index contributed by atoms with van der Waals surface area (Å²) in [5, 5.41) is 3.44. The average Bonchev–Trinajstić information content (AvgIpc) is 2.23. The third-order valence-electron chi connectivity index (χ3n) is 2.74. The molecule has 0 saturated carbocycles. The van der Waals surface area contributed by atoms with Gasteiger partial charge in [-0.3, -0.25) is 4.98 Å². The van der Waals surface area contributed by atoms with E-state index in [4.69, 9.17) is 5.73 Å². The van der Waals surface area contributed by atoms with E-state index in [0.717, 1.165) is 22.5 Å². The zero-order chi connectivity index (χ0) is 12.8. The number of nitrogens with two attached hydrogens (primary N) is 1. The molecule has 0 amide bonds. The Hall–Kier alpha value is -0.770. The van der Waals surface area contributed by atoms with E-state index in [0.29, 0.717) is 11.7 Å². The number of aromatic nitrogens is 1. The first-order valence-corrected chi connectivity index (χ1v) is 6.95. The van der Waals surface area contributed by atoms with E-state index in [1.54, 1.807) is 12.4 Å². The molecule has 0 aliphatic rings. The number of nitrogen functional groups attached to an aromatic ring is 1. The zero-order valence-electron chi connectivity index (χ0n) is 10.8. The second kappa shape index (κ2) is 6.84. The molecule has 0 aliphatic carbocycles. The molecule has 0 radical (unpaired) electrons. The van der Waals surface area contributed by atoms with Gasteiger partial charge in [0.25, 0.3) is 0 Å². The summed E-state index contributed by atoms with van der Waals surface area (Å²) < 4.78 is 0.924. The number of halogens is 1. The Morgan fingerprint density at radius 1 is 1.29 bits per heavy atom. The molecule has 0 bridgehead atoms. The van der Waals surface area contributed by atoms with E-state index in [9.17, 15) is 0 Å². The average molecular weight is 300 g/mol. The first-order valence-electron chi connectivity index (χ1n) is 6.16. The Balaban J connectivity index is 2.47. The largest absolute Gasteiger partial charge is 0.396 e. The lowest BCUT2D eigenvalue weighted by Gasteiger charge is -2.18. The Kier molecular flexibility index (Phi) is 5.75. The number of anilines is 2. The van der Waals surface area contributed by atoms with Crippen molar-refractivity contribution in [3.8, 4) is 0 Å². The van der Waals surface area contributed by atoms with Crippen LogP contribution in [0, 0.1) is 5.92 Å². The smallest absolute Gasteiger partial charge is 0.0752 e. The molecule has 0 spiro atoms. The van der Waals surface area contributed by atoms with E-state index >= 15 is 0 Å². The number of nitrogens with zero attached hydrogens (tertiary/aromatic N) is 1. The molecule has 0 fully saturated rings. The zero-order valence-corrected chi connectivity index (χ0v) is 12.4. The molecule has 96 valence electrons. The van der Waals surface area contributed by atoms with Crippen LogP contribution in [0.3, 0.4) is 0 Å². The highest BCUT2D eigenvalue weighted by Crippen LogP contribution is 2.28. The van der Waals surface area contributed by atoms with Crippen molar-refractivity contribution in [1.82, 2.24) is 4.98 Å². The van der Waals surface area contributed by atoms with Crippen molar-refractivity contribution < 1.29 is 0 Å². The van der Waals surface area contributed by atoms with Crippen LogP contribution in [0.25, 0.3) is 0 Å². The molecule has 1 aromatic heterocycles. The summed E-state index contributed by atoms with van der Waals surface area (Å²) in [6, 6.07) is 0.426. The second-order valence-electron chi connectivity index (χ2n) is 4.96. The van der Waals surface area contributed by atoms with Crippen LogP contribution < -0.4 is 11.1 Å². The summed E-state index contributed by atoms with van der Waals surface area (Å²) in [5.74, 6) is 0.778. The summed E-state index contributed by atoms with van der Waals surface area (Å²) in [7, 11) is 0. The molecular formula is C13H22BrN3. The molecule has 1 atom stereocenters. The number of hydrogen-bond acceptors (Lipinski definition) is 3. The van der Waals surface area contributed by atoms with Gasteiger partial charge in [0, 0.05) is 12.2 Å². The van der Waals surface area contributed by atoms with E-state index in [-0.39, 0.29) is 0 Å². The summed E-state index contributed by atoms with van der Waals surface area (Å²) in [5.41, 5.74) is 7.54. The van der Waals surface area contributed by atoms with Crippen molar-refractivity contribution in [2.45, 2.75) is 46.1 Å². The molecule has 0 saturated heterocycles. The third kappa shape index (κ3) is 4.94. The number of hydrogen-bond donors (Lipinski definition) is 2. The molecule has 0 aromatic carbocycles. The second-order valence-corrected chi connectivity index (χ2v) is 5.81. The van der Waals surface area contributed by atoms with Crippen LogP contribution in [0.5, 0.6) is 0 Å². The summed E-state index contributed by atoms with van der Waals surface area (Å²) >= 11 is 3.46. The van der Waals surface area contributed by atoms with Gasteiger partial charge in [-0.05, 0) is 35.2 Å². The highest BCUT2D eigenvalue weighted by atomic mass is 79.9. The van der Waals surface area contributed by atoms with Gasteiger partial charge in [0.15, 0.2) is 0 Å². The summed E-state index contributed by atoms with van der Waals surface area (Å²) in [6.45, 7) is 6.71. The SMILES string of the molecule is CC(C)CCCC(C)Nc1c(N)cncc1Br. The number of rotatable bonds is 6. The van der Waals surface area contributed by atoms with Crippen LogP contribution >= 0.6 is 15.9 Å². The van der Waals surface area contributed by atoms with Crippen LogP contribution in [-0.2, 0) is 0 Å². The standard InChI is InChI=1S/C13H22BrN3/c1-9(2)5-4-6-10(3)17-13-11(14)7-16-8-12(13)15/h7-10H,4-6,15H2,1-3H3,(H,16,17). The molecule has 1 rings (SSSR count). The van der Waals surface area contributed by atoms with Crippen molar-refractivity contribution in [2.75, 3.05) is 11.1 Å². The minimum absolute atomic E-state index is 0.426. The summed E-state index contributed by atoms with van der Waals surface area (Å²) in [4.78, 5) is 4.03. The lowest BCUT2D eigenvalue weighted by Crippen LogP contribution is -2.16. The van der Waals surface area contributed by atoms with Gasteiger partial charge < -0.3 is 11.1 Å². The molecule has 3 N–H and O–H groups in total. The highest BCUT2D eigenvalue weighted by molar-refractivity contribution is 9.10. The van der Waals surface area contributed by atoms with Crippen molar-refractivity contribution in [3.05, 3.63) is 16.9 Å². The predicted molar refractivity (Wildman–Crippen MR) is 78.1 cm³/mol. The van der Waals surface area contributed by atoms with Gasteiger partial charge in [-0.1, -0.05) is 26.7 Å². The fourth-order valence-corrected chi connectivity index (χ4v) is 2.21. The maximum Gasteiger partial charge on any atom is 0.0752 e. The van der Waals surface area contributed by atoms with E-state index in [1.165, 1.54) is 12.8 Å². The molecule has 17 heavy (non-hydrogen) atoms. The first kappa shape index (κ1) is 14.3. The maximum atomic E-state index is 5.89. The molecule has 1 unspecified atom stereocenters. The fraction of sp³-hybridized carbons (Fsp3) is 0.615. The third-order valence-corrected chi connectivity index (χ3v) is 3.34. The topological polar surface area (TPSA) is 50.9 Å². The van der Waals surface area contributed by atoms with Gasteiger partial charge in [0.05, 0.1) is 22.0 Å². The van der Waals surface area contributed by atoms with Crippen LogP contribution in [0.15, 0.2) is 16.9 Å². The van der Waals surface area contributed by atoms with E-state index < -0.39 is 0 Å². The monoisotopic (exact) mass is 299 g/mol. The van der Waals surface area contributed by atoms with Crippen LogP contribution in [0.4, 0.5) is 11.4 Å².